The largest absolute Gasteiger partial charge is 0.356 e. The topological polar surface area (TPSA) is 49.4 Å². The van der Waals surface area contributed by atoms with Crippen molar-refractivity contribution in [2.75, 3.05) is 13.6 Å². The van der Waals surface area contributed by atoms with Crippen molar-refractivity contribution in [2.45, 2.75) is 26.8 Å². The van der Waals surface area contributed by atoms with E-state index in [1.165, 1.54) is 12.5 Å². The second kappa shape index (κ2) is 6.79. The van der Waals surface area contributed by atoms with E-state index >= 15 is 0 Å². The van der Waals surface area contributed by atoms with Gasteiger partial charge in [0.25, 0.3) is 0 Å². The first-order valence-corrected chi connectivity index (χ1v) is 6.03. The number of hydrogen-bond acceptors (Lipinski definition) is 2. The van der Waals surface area contributed by atoms with E-state index in [1.807, 2.05) is 31.2 Å². The molecule has 0 aliphatic rings. The van der Waals surface area contributed by atoms with E-state index in [2.05, 4.69) is 5.32 Å². The molecule has 0 saturated heterocycles. The van der Waals surface area contributed by atoms with Gasteiger partial charge in [0.05, 0.1) is 0 Å². The Morgan fingerprint density at radius 3 is 2.56 bits per heavy atom. The minimum absolute atomic E-state index is 0.0343. The highest BCUT2D eigenvalue weighted by Gasteiger charge is 2.10. The number of carbonyl (C=O) groups is 2. The Bertz CT molecular complexity index is 430. The van der Waals surface area contributed by atoms with Gasteiger partial charge >= 0.3 is 0 Å². The third kappa shape index (κ3) is 4.57. The monoisotopic (exact) mass is 248 g/mol. The van der Waals surface area contributed by atoms with Crippen LogP contribution in [0, 0.1) is 6.92 Å². The van der Waals surface area contributed by atoms with Crippen LogP contribution in [-0.4, -0.2) is 30.3 Å². The molecule has 18 heavy (non-hydrogen) atoms. The van der Waals surface area contributed by atoms with E-state index in [9.17, 15) is 9.59 Å². The molecule has 4 heteroatoms. The fourth-order valence-electron chi connectivity index (χ4n) is 1.67. The maximum atomic E-state index is 11.8. The molecule has 1 rings (SSSR count). The Morgan fingerprint density at radius 2 is 1.94 bits per heavy atom. The van der Waals surface area contributed by atoms with Crippen molar-refractivity contribution in [3.05, 3.63) is 35.4 Å². The lowest BCUT2D eigenvalue weighted by molar-refractivity contribution is -0.130. The van der Waals surface area contributed by atoms with Gasteiger partial charge in [-0.3, -0.25) is 9.59 Å². The summed E-state index contributed by atoms with van der Waals surface area (Å²) in [5.74, 6) is -0.0728. The van der Waals surface area contributed by atoms with Gasteiger partial charge in [-0.15, -0.1) is 0 Å². The smallest absolute Gasteiger partial charge is 0.224 e. The van der Waals surface area contributed by atoms with Crippen LogP contribution < -0.4 is 5.32 Å². The van der Waals surface area contributed by atoms with E-state index < -0.39 is 0 Å². The SMILES string of the molecule is CC(=O)NCCC(=O)N(C)Cc1ccccc1C. The molecule has 0 atom stereocenters. The molecule has 0 unspecified atom stereocenters. The van der Waals surface area contributed by atoms with Crippen molar-refractivity contribution >= 4 is 11.8 Å². The average molecular weight is 248 g/mol. The fourth-order valence-corrected chi connectivity index (χ4v) is 1.67. The van der Waals surface area contributed by atoms with Gasteiger partial charge in [0.15, 0.2) is 0 Å². The van der Waals surface area contributed by atoms with E-state index in [0.29, 0.717) is 19.5 Å². The molecule has 0 aromatic heterocycles. The third-order valence-electron chi connectivity index (χ3n) is 2.81. The molecule has 0 saturated carbocycles. The fraction of sp³-hybridized carbons (Fsp3) is 0.429. The summed E-state index contributed by atoms with van der Waals surface area (Å²) >= 11 is 0. The molecule has 98 valence electrons. The zero-order chi connectivity index (χ0) is 13.5. The van der Waals surface area contributed by atoms with Gasteiger partial charge in [-0.1, -0.05) is 24.3 Å². The zero-order valence-corrected chi connectivity index (χ0v) is 11.2. The summed E-state index contributed by atoms with van der Waals surface area (Å²) in [7, 11) is 1.78. The standard InChI is InChI=1S/C14H20N2O2/c1-11-6-4-5-7-13(11)10-16(3)14(18)8-9-15-12(2)17/h4-7H,8-10H2,1-3H3,(H,15,17). The van der Waals surface area contributed by atoms with Crippen molar-refractivity contribution in [1.29, 1.82) is 0 Å². The molecule has 4 nitrogen and oxygen atoms in total. The number of carbonyl (C=O) groups excluding carboxylic acids is 2. The predicted molar refractivity (Wildman–Crippen MR) is 71.0 cm³/mol. The third-order valence-corrected chi connectivity index (χ3v) is 2.81. The molecule has 1 N–H and O–H groups in total. The Balaban J connectivity index is 2.45. The molecular formula is C14H20N2O2. The van der Waals surface area contributed by atoms with Gasteiger partial charge < -0.3 is 10.2 Å². The van der Waals surface area contributed by atoms with Crippen molar-refractivity contribution < 1.29 is 9.59 Å². The maximum absolute atomic E-state index is 11.8. The van der Waals surface area contributed by atoms with Gasteiger partial charge in [-0.2, -0.15) is 0 Å². The lowest BCUT2D eigenvalue weighted by Gasteiger charge is -2.18. The summed E-state index contributed by atoms with van der Waals surface area (Å²) < 4.78 is 0. The highest BCUT2D eigenvalue weighted by Crippen LogP contribution is 2.09. The quantitative estimate of drug-likeness (QED) is 0.858. The van der Waals surface area contributed by atoms with E-state index in [4.69, 9.17) is 0 Å². The minimum Gasteiger partial charge on any atom is -0.356 e. The molecule has 0 fully saturated rings. The Labute approximate surface area is 108 Å². The Morgan fingerprint density at radius 1 is 1.28 bits per heavy atom. The summed E-state index contributed by atoms with van der Waals surface area (Å²) in [5, 5.41) is 2.62. The number of hydrogen-bond donors (Lipinski definition) is 1. The van der Waals surface area contributed by atoms with Crippen LogP contribution in [0.2, 0.25) is 0 Å². The summed E-state index contributed by atoms with van der Waals surface area (Å²) in [4.78, 5) is 24.2. The van der Waals surface area contributed by atoms with E-state index in [1.54, 1.807) is 11.9 Å². The molecule has 2 amide bonds. The van der Waals surface area contributed by atoms with Crippen molar-refractivity contribution in [1.82, 2.24) is 10.2 Å². The summed E-state index contributed by atoms with van der Waals surface area (Å²) in [5.41, 5.74) is 2.33. The van der Waals surface area contributed by atoms with Gasteiger partial charge in [0, 0.05) is 33.5 Å². The first-order valence-electron chi connectivity index (χ1n) is 6.03. The van der Waals surface area contributed by atoms with Crippen LogP contribution in [0.25, 0.3) is 0 Å². The molecule has 0 radical (unpaired) electrons. The molecule has 0 heterocycles. The van der Waals surface area contributed by atoms with E-state index in [0.717, 1.165) is 5.56 Å². The zero-order valence-electron chi connectivity index (χ0n) is 11.2. The number of amides is 2. The van der Waals surface area contributed by atoms with Crippen LogP contribution in [0.4, 0.5) is 0 Å². The van der Waals surface area contributed by atoms with Gasteiger partial charge in [0.1, 0.15) is 0 Å². The summed E-state index contributed by atoms with van der Waals surface area (Å²) in [6.45, 7) is 4.48. The predicted octanol–water partition coefficient (Wildman–Crippen LogP) is 1.48. The normalized spacial score (nSPS) is 9.94. The number of nitrogens with zero attached hydrogens (tertiary/aromatic N) is 1. The highest BCUT2D eigenvalue weighted by molar-refractivity contribution is 5.77. The lowest BCUT2D eigenvalue weighted by Crippen LogP contribution is -2.31. The summed E-state index contributed by atoms with van der Waals surface area (Å²) in [6, 6.07) is 8.01. The second-order valence-electron chi connectivity index (χ2n) is 4.41. The van der Waals surface area contributed by atoms with Crippen LogP contribution >= 0.6 is 0 Å². The number of nitrogens with one attached hydrogen (secondary N) is 1. The lowest BCUT2D eigenvalue weighted by atomic mass is 10.1. The Hall–Kier alpha value is -1.84. The van der Waals surface area contributed by atoms with Gasteiger partial charge in [-0.05, 0) is 18.1 Å². The van der Waals surface area contributed by atoms with Crippen LogP contribution in [0.5, 0.6) is 0 Å². The van der Waals surface area contributed by atoms with Crippen molar-refractivity contribution in [2.24, 2.45) is 0 Å². The van der Waals surface area contributed by atoms with Crippen LogP contribution in [0.1, 0.15) is 24.5 Å². The second-order valence-corrected chi connectivity index (χ2v) is 4.41. The number of rotatable bonds is 5. The molecule has 1 aromatic carbocycles. The van der Waals surface area contributed by atoms with Crippen molar-refractivity contribution in [3.63, 3.8) is 0 Å². The number of benzene rings is 1. The van der Waals surface area contributed by atoms with Crippen molar-refractivity contribution in [3.8, 4) is 0 Å². The molecule has 0 aliphatic heterocycles. The van der Waals surface area contributed by atoms with Crippen LogP contribution in [0.15, 0.2) is 24.3 Å². The molecular weight excluding hydrogens is 228 g/mol. The minimum atomic E-state index is -0.107. The highest BCUT2D eigenvalue weighted by atomic mass is 16.2. The molecule has 0 spiro atoms. The number of aryl methyl sites for hydroxylation is 1. The summed E-state index contributed by atoms with van der Waals surface area (Å²) in [6.07, 6.45) is 0.335. The average Bonchev–Trinajstić information content (AvgIpc) is 2.31. The van der Waals surface area contributed by atoms with Gasteiger partial charge in [0.2, 0.25) is 11.8 Å². The molecule has 0 aliphatic carbocycles. The first-order chi connectivity index (χ1) is 8.50. The van der Waals surface area contributed by atoms with Crippen LogP contribution in [0.3, 0.4) is 0 Å². The first kappa shape index (κ1) is 14.2. The van der Waals surface area contributed by atoms with Gasteiger partial charge in [-0.25, -0.2) is 0 Å². The maximum Gasteiger partial charge on any atom is 0.224 e. The Kier molecular flexibility index (Phi) is 5.36. The molecule has 0 bridgehead atoms. The molecule has 1 aromatic rings. The van der Waals surface area contributed by atoms with E-state index in [-0.39, 0.29) is 11.8 Å². The van der Waals surface area contributed by atoms with Crippen LogP contribution in [-0.2, 0) is 16.1 Å².